The Labute approximate surface area is 109 Å². The summed E-state index contributed by atoms with van der Waals surface area (Å²) in [6.07, 6.45) is 3.32. The molecular weight excluding hydrogens is 313 g/mol. The molecule has 82 valence electrons. The Hall–Kier alpha value is -1.02. The lowest BCUT2D eigenvalue weighted by atomic mass is 9.86. The maximum Gasteiger partial charge on any atom is 0.123 e. The number of rotatable bonds is 2. The van der Waals surface area contributed by atoms with E-state index in [-0.39, 0.29) is 5.41 Å². The zero-order chi connectivity index (χ0) is 11.6. The minimum atomic E-state index is 0.104. The molecule has 0 N–H and O–H groups in total. The lowest BCUT2D eigenvalue weighted by Crippen LogP contribution is -2.25. The van der Waals surface area contributed by atoms with Gasteiger partial charge in [0.05, 0.1) is 12.7 Å². The molecular formula is C13H12INO. The Morgan fingerprint density at radius 1 is 1.62 bits per heavy atom. The first kappa shape index (κ1) is 11.5. The van der Waals surface area contributed by atoms with Crippen molar-refractivity contribution in [1.82, 2.24) is 0 Å². The summed E-state index contributed by atoms with van der Waals surface area (Å²) in [6, 6.07) is 8.09. The lowest BCUT2D eigenvalue weighted by Gasteiger charge is -2.19. The second-order valence-corrected chi connectivity index (χ2v) is 4.96. The van der Waals surface area contributed by atoms with Gasteiger partial charge in [0.2, 0.25) is 0 Å². The van der Waals surface area contributed by atoms with Crippen LogP contribution in [0, 0.1) is 11.3 Å². The van der Waals surface area contributed by atoms with Crippen molar-refractivity contribution in [3.05, 3.63) is 35.4 Å². The van der Waals surface area contributed by atoms with E-state index in [1.807, 2.05) is 24.3 Å². The number of nitrogens with zero attached hydrogens (tertiary/aromatic N) is 1. The minimum Gasteiger partial charge on any atom is -0.492 e. The number of alkyl halides is 1. The van der Waals surface area contributed by atoms with Crippen LogP contribution in [0.15, 0.2) is 24.3 Å². The van der Waals surface area contributed by atoms with E-state index in [1.165, 1.54) is 11.6 Å². The van der Waals surface area contributed by atoms with Crippen molar-refractivity contribution in [3.63, 3.8) is 0 Å². The topological polar surface area (TPSA) is 33.0 Å². The first-order chi connectivity index (χ1) is 7.69. The summed E-state index contributed by atoms with van der Waals surface area (Å²) < 4.78 is 6.70. The maximum atomic E-state index is 8.51. The second-order valence-electron chi connectivity index (χ2n) is 4.20. The fourth-order valence-corrected chi connectivity index (χ4v) is 2.44. The number of halogens is 1. The average Bonchev–Trinajstić information content (AvgIpc) is 2.65. The molecule has 1 aliphatic heterocycles. The van der Waals surface area contributed by atoms with E-state index in [0.29, 0.717) is 0 Å². The van der Waals surface area contributed by atoms with E-state index in [2.05, 4.69) is 35.6 Å². The van der Waals surface area contributed by atoms with Crippen LogP contribution in [-0.2, 0) is 5.41 Å². The van der Waals surface area contributed by atoms with E-state index >= 15 is 0 Å². The molecule has 1 aromatic carbocycles. The molecule has 0 amide bonds. The van der Waals surface area contributed by atoms with Crippen LogP contribution in [0.5, 0.6) is 5.75 Å². The van der Waals surface area contributed by atoms with Crippen LogP contribution >= 0.6 is 22.6 Å². The number of hydrogen-bond donors (Lipinski definition) is 0. The van der Waals surface area contributed by atoms with Gasteiger partial charge in [-0.2, -0.15) is 5.26 Å². The number of nitriles is 1. The zero-order valence-electron chi connectivity index (χ0n) is 9.03. The molecule has 0 fully saturated rings. The Morgan fingerprint density at radius 2 is 2.44 bits per heavy atom. The third-order valence-corrected chi connectivity index (χ3v) is 4.53. The molecule has 2 nitrogen and oxygen atoms in total. The summed E-state index contributed by atoms with van der Waals surface area (Å²) in [4.78, 5) is 0. The molecule has 16 heavy (non-hydrogen) atoms. The number of hydrogen-bond acceptors (Lipinski definition) is 2. The first-order valence-electron chi connectivity index (χ1n) is 5.09. The van der Waals surface area contributed by atoms with Crippen molar-refractivity contribution < 1.29 is 4.74 Å². The summed E-state index contributed by atoms with van der Waals surface area (Å²) >= 11 is 2.39. The monoisotopic (exact) mass is 325 g/mol. The summed E-state index contributed by atoms with van der Waals surface area (Å²) in [6.45, 7) is 2.96. The Morgan fingerprint density at radius 3 is 3.12 bits per heavy atom. The molecule has 0 aliphatic carbocycles. The number of benzene rings is 1. The fraction of sp³-hybridized carbons (Fsp3) is 0.308. The normalized spacial score (nSPS) is 22.8. The van der Waals surface area contributed by atoms with Crippen LogP contribution in [0.25, 0.3) is 6.08 Å². The van der Waals surface area contributed by atoms with Gasteiger partial charge in [0.15, 0.2) is 0 Å². The second kappa shape index (κ2) is 4.46. The highest BCUT2D eigenvalue weighted by atomic mass is 127. The molecule has 1 unspecified atom stereocenters. The molecule has 2 rings (SSSR count). The SMILES string of the molecule is CC1(CI)COc2ccc(/C=C/C#N)cc21. The summed E-state index contributed by atoms with van der Waals surface area (Å²) in [5.41, 5.74) is 2.41. The summed E-state index contributed by atoms with van der Waals surface area (Å²) in [5, 5.41) is 8.51. The van der Waals surface area contributed by atoms with Crippen LogP contribution in [0.3, 0.4) is 0 Å². The molecule has 3 heteroatoms. The molecule has 0 radical (unpaired) electrons. The predicted molar refractivity (Wildman–Crippen MR) is 72.8 cm³/mol. The number of allylic oxidation sites excluding steroid dienone is 1. The first-order valence-corrected chi connectivity index (χ1v) is 6.62. The number of fused-ring (bicyclic) bond motifs is 1. The molecule has 1 atom stereocenters. The molecule has 1 aromatic rings. The summed E-state index contributed by atoms with van der Waals surface area (Å²) in [5.74, 6) is 0.980. The fourth-order valence-electron chi connectivity index (χ4n) is 1.81. The van der Waals surface area contributed by atoms with Gasteiger partial charge in [-0.25, -0.2) is 0 Å². The Bertz CT molecular complexity index is 475. The third-order valence-electron chi connectivity index (χ3n) is 2.85. The Kier molecular flexibility index (Phi) is 3.20. The molecule has 1 heterocycles. The highest BCUT2D eigenvalue weighted by molar-refractivity contribution is 14.1. The lowest BCUT2D eigenvalue weighted by molar-refractivity contribution is 0.295. The van der Waals surface area contributed by atoms with Crippen molar-refractivity contribution in [2.24, 2.45) is 0 Å². The van der Waals surface area contributed by atoms with E-state index in [0.717, 1.165) is 22.3 Å². The number of ether oxygens (including phenoxy) is 1. The van der Waals surface area contributed by atoms with E-state index < -0.39 is 0 Å². The van der Waals surface area contributed by atoms with Gasteiger partial charge in [0.25, 0.3) is 0 Å². The van der Waals surface area contributed by atoms with Gasteiger partial charge in [-0.3, -0.25) is 0 Å². The van der Waals surface area contributed by atoms with Crippen molar-refractivity contribution in [2.75, 3.05) is 11.0 Å². The zero-order valence-corrected chi connectivity index (χ0v) is 11.2. The van der Waals surface area contributed by atoms with Crippen LogP contribution < -0.4 is 4.74 Å². The van der Waals surface area contributed by atoms with Crippen molar-refractivity contribution >= 4 is 28.7 Å². The Balaban J connectivity index is 2.42. The van der Waals surface area contributed by atoms with Crippen molar-refractivity contribution in [2.45, 2.75) is 12.3 Å². The van der Waals surface area contributed by atoms with Gasteiger partial charge in [-0.1, -0.05) is 35.6 Å². The van der Waals surface area contributed by atoms with Gasteiger partial charge in [-0.15, -0.1) is 0 Å². The van der Waals surface area contributed by atoms with Gasteiger partial charge < -0.3 is 4.74 Å². The molecule has 0 spiro atoms. The van der Waals surface area contributed by atoms with E-state index in [9.17, 15) is 0 Å². The molecule has 0 bridgehead atoms. The van der Waals surface area contributed by atoms with Crippen LogP contribution in [0.2, 0.25) is 0 Å². The van der Waals surface area contributed by atoms with Gasteiger partial charge in [0.1, 0.15) is 5.75 Å². The summed E-state index contributed by atoms with van der Waals surface area (Å²) in [7, 11) is 0. The van der Waals surface area contributed by atoms with E-state index in [4.69, 9.17) is 10.00 Å². The molecule has 0 aromatic heterocycles. The minimum absolute atomic E-state index is 0.104. The average molecular weight is 325 g/mol. The predicted octanol–water partition coefficient (Wildman–Crippen LogP) is 3.31. The quantitative estimate of drug-likeness (QED) is 0.475. The molecule has 0 saturated carbocycles. The van der Waals surface area contributed by atoms with Crippen LogP contribution in [0.4, 0.5) is 0 Å². The smallest absolute Gasteiger partial charge is 0.123 e. The van der Waals surface area contributed by atoms with Crippen molar-refractivity contribution in [3.8, 4) is 11.8 Å². The van der Waals surface area contributed by atoms with Crippen molar-refractivity contribution in [1.29, 1.82) is 5.26 Å². The van der Waals surface area contributed by atoms with Gasteiger partial charge in [-0.05, 0) is 23.8 Å². The molecule has 0 saturated heterocycles. The standard InChI is InChI=1S/C13H12INO/c1-13(8-14)9-16-12-5-4-10(3-2-6-15)7-11(12)13/h2-5,7H,8-9H2,1H3/b3-2+. The highest BCUT2D eigenvalue weighted by Gasteiger charge is 2.35. The molecule has 1 aliphatic rings. The highest BCUT2D eigenvalue weighted by Crippen LogP contribution is 2.40. The maximum absolute atomic E-state index is 8.51. The van der Waals surface area contributed by atoms with Gasteiger partial charge in [0, 0.05) is 21.5 Å². The van der Waals surface area contributed by atoms with Gasteiger partial charge >= 0.3 is 0 Å². The third kappa shape index (κ3) is 1.94. The van der Waals surface area contributed by atoms with Crippen LogP contribution in [-0.4, -0.2) is 11.0 Å². The van der Waals surface area contributed by atoms with Crippen LogP contribution in [0.1, 0.15) is 18.1 Å². The largest absolute Gasteiger partial charge is 0.492 e. The van der Waals surface area contributed by atoms with E-state index in [1.54, 1.807) is 0 Å².